The Morgan fingerprint density at radius 2 is 1.66 bits per heavy atom. The van der Waals surface area contributed by atoms with Gasteiger partial charge in [-0.15, -0.1) is 0 Å². The van der Waals surface area contributed by atoms with Crippen molar-refractivity contribution in [2.24, 2.45) is 0 Å². The number of nitrogens with zero attached hydrogens (tertiary/aromatic N) is 2. The maximum absolute atomic E-state index is 13.3. The zero-order valence-corrected chi connectivity index (χ0v) is 21.2. The van der Waals surface area contributed by atoms with Crippen LogP contribution in [-0.2, 0) is 26.2 Å². The zero-order valence-electron chi connectivity index (χ0n) is 20.4. The molecule has 8 nitrogen and oxygen atoms in total. The summed E-state index contributed by atoms with van der Waals surface area (Å²) in [5.74, 6) is -0.120. The molecule has 0 unspecified atom stereocenters. The standard InChI is InChI=1S/C26H31N3O5S/c1-5-27-26(31)19(2)29(17-20-10-13-23(34-4)14-11-20)25(30)18-28(3)35(32,33)24-15-12-21-8-6-7-9-22(21)16-24/h6-16,19H,5,17-18H2,1-4H3,(H,27,31)/t19-/m0/s1. The van der Waals surface area contributed by atoms with E-state index in [0.29, 0.717) is 12.3 Å². The van der Waals surface area contributed by atoms with Gasteiger partial charge in [0.05, 0.1) is 18.6 Å². The number of fused-ring (bicyclic) bond motifs is 1. The summed E-state index contributed by atoms with van der Waals surface area (Å²) >= 11 is 0. The normalized spacial score (nSPS) is 12.4. The number of hydrogen-bond donors (Lipinski definition) is 1. The van der Waals surface area contributed by atoms with Gasteiger partial charge in [0.1, 0.15) is 11.8 Å². The lowest BCUT2D eigenvalue weighted by atomic mass is 10.1. The molecule has 0 aliphatic carbocycles. The molecule has 0 bridgehead atoms. The number of hydrogen-bond acceptors (Lipinski definition) is 5. The fraction of sp³-hybridized carbons (Fsp3) is 0.308. The predicted molar refractivity (Wildman–Crippen MR) is 135 cm³/mol. The number of amides is 2. The Kier molecular flexibility index (Phi) is 8.48. The summed E-state index contributed by atoms with van der Waals surface area (Å²) in [6.07, 6.45) is 0. The number of carbonyl (C=O) groups excluding carboxylic acids is 2. The van der Waals surface area contributed by atoms with Gasteiger partial charge in [-0.1, -0.05) is 42.5 Å². The third-order valence-corrected chi connectivity index (χ3v) is 7.62. The van der Waals surface area contributed by atoms with Gasteiger partial charge in [0, 0.05) is 20.1 Å². The molecule has 1 N–H and O–H groups in total. The zero-order chi connectivity index (χ0) is 25.6. The van der Waals surface area contributed by atoms with Crippen LogP contribution in [-0.4, -0.2) is 62.7 Å². The van der Waals surface area contributed by atoms with Gasteiger partial charge in [-0.25, -0.2) is 8.42 Å². The molecule has 3 rings (SSSR count). The van der Waals surface area contributed by atoms with Gasteiger partial charge in [0.2, 0.25) is 21.8 Å². The van der Waals surface area contributed by atoms with E-state index in [1.807, 2.05) is 24.3 Å². The molecule has 0 radical (unpaired) electrons. The number of sulfonamides is 1. The van der Waals surface area contributed by atoms with Crippen molar-refractivity contribution >= 4 is 32.6 Å². The molecule has 0 aliphatic heterocycles. The van der Waals surface area contributed by atoms with Crippen molar-refractivity contribution in [3.05, 3.63) is 72.3 Å². The summed E-state index contributed by atoms with van der Waals surface area (Å²) in [4.78, 5) is 27.4. The van der Waals surface area contributed by atoms with Gasteiger partial charge < -0.3 is 15.0 Å². The molecular formula is C26H31N3O5S. The number of likely N-dealkylation sites (N-methyl/N-ethyl adjacent to an activating group) is 2. The molecule has 0 aromatic heterocycles. The van der Waals surface area contributed by atoms with Crippen LogP contribution in [0.15, 0.2) is 71.6 Å². The van der Waals surface area contributed by atoms with E-state index in [1.165, 1.54) is 18.0 Å². The molecule has 3 aromatic carbocycles. The van der Waals surface area contributed by atoms with Crippen LogP contribution in [0.2, 0.25) is 0 Å². The Hall–Kier alpha value is -3.43. The largest absolute Gasteiger partial charge is 0.497 e. The number of ether oxygens (including phenoxy) is 1. The first-order chi connectivity index (χ1) is 16.7. The van der Waals surface area contributed by atoms with Gasteiger partial charge in [0.25, 0.3) is 0 Å². The molecule has 1 atom stereocenters. The summed E-state index contributed by atoms with van der Waals surface area (Å²) in [6, 6.07) is 18.7. The molecule has 3 aromatic rings. The van der Waals surface area contributed by atoms with Crippen LogP contribution in [0.5, 0.6) is 5.75 Å². The minimum absolute atomic E-state index is 0.102. The van der Waals surface area contributed by atoms with Crippen LogP contribution in [0.1, 0.15) is 19.4 Å². The Morgan fingerprint density at radius 1 is 1.00 bits per heavy atom. The highest BCUT2D eigenvalue weighted by Gasteiger charge is 2.30. The number of carbonyl (C=O) groups is 2. The third-order valence-electron chi connectivity index (χ3n) is 5.82. The maximum Gasteiger partial charge on any atom is 0.243 e. The second-order valence-corrected chi connectivity index (χ2v) is 10.3. The summed E-state index contributed by atoms with van der Waals surface area (Å²) in [7, 11) is -0.999. The minimum Gasteiger partial charge on any atom is -0.497 e. The van der Waals surface area contributed by atoms with Crippen LogP contribution in [0.3, 0.4) is 0 Å². The topological polar surface area (TPSA) is 96.0 Å². The molecule has 9 heteroatoms. The van der Waals surface area contributed by atoms with Crippen molar-refractivity contribution in [1.82, 2.24) is 14.5 Å². The Balaban J connectivity index is 1.83. The highest BCUT2D eigenvalue weighted by molar-refractivity contribution is 7.89. The molecule has 0 spiro atoms. The van der Waals surface area contributed by atoms with E-state index in [9.17, 15) is 18.0 Å². The number of rotatable bonds is 10. The van der Waals surface area contributed by atoms with E-state index < -0.39 is 28.5 Å². The van der Waals surface area contributed by atoms with Gasteiger partial charge in [0.15, 0.2) is 0 Å². The van der Waals surface area contributed by atoms with Crippen molar-refractivity contribution in [1.29, 1.82) is 0 Å². The molecule has 0 aliphatic rings. The Morgan fingerprint density at radius 3 is 2.29 bits per heavy atom. The molecule has 35 heavy (non-hydrogen) atoms. The highest BCUT2D eigenvalue weighted by Crippen LogP contribution is 2.22. The number of methoxy groups -OCH3 is 1. The summed E-state index contributed by atoms with van der Waals surface area (Å²) in [5, 5.41) is 4.44. The average Bonchev–Trinajstić information content (AvgIpc) is 2.86. The fourth-order valence-electron chi connectivity index (χ4n) is 3.71. The lowest BCUT2D eigenvalue weighted by Gasteiger charge is -2.30. The maximum atomic E-state index is 13.3. The smallest absolute Gasteiger partial charge is 0.243 e. The average molecular weight is 498 g/mol. The van der Waals surface area contributed by atoms with Gasteiger partial charge in [-0.2, -0.15) is 4.31 Å². The second-order valence-electron chi connectivity index (χ2n) is 8.21. The molecule has 0 saturated heterocycles. The monoisotopic (exact) mass is 497 g/mol. The van der Waals surface area contributed by atoms with Crippen molar-refractivity contribution in [3.8, 4) is 5.75 Å². The SMILES string of the molecule is CCNC(=O)[C@H](C)N(Cc1ccc(OC)cc1)C(=O)CN(C)S(=O)(=O)c1ccc2ccccc2c1. The van der Waals surface area contributed by atoms with Gasteiger partial charge >= 0.3 is 0 Å². The van der Waals surface area contributed by atoms with Crippen LogP contribution in [0.25, 0.3) is 10.8 Å². The summed E-state index contributed by atoms with van der Waals surface area (Å²) in [5.41, 5.74) is 0.787. The number of nitrogens with one attached hydrogen (secondary N) is 1. The molecule has 0 heterocycles. The first-order valence-electron chi connectivity index (χ1n) is 11.3. The van der Waals surface area contributed by atoms with E-state index in [2.05, 4.69) is 5.32 Å². The van der Waals surface area contributed by atoms with E-state index in [-0.39, 0.29) is 17.3 Å². The molecular weight excluding hydrogens is 466 g/mol. The third kappa shape index (κ3) is 6.17. The number of benzene rings is 3. The van der Waals surface area contributed by atoms with E-state index in [0.717, 1.165) is 20.6 Å². The van der Waals surface area contributed by atoms with Gasteiger partial charge in [-0.05, 0) is 54.4 Å². The highest BCUT2D eigenvalue weighted by atomic mass is 32.2. The lowest BCUT2D eigenvalue weighted by molar-refractivity contribution is -0.140. The summed E-state index contributed by atoms with van der Waals surface area (Å²) < 4.78 is 32.7. The van der Waals surface area contributed by atoms with Gasteiger partial charge in [-0.3, -0.25) is 9.59 Å². The summed E-state index contributed by atoms with van der Waals surface area (Å²) in [6.45, 7) is 3.58. The van der Waals surface area contributed by atoms with Crippen LogP contribution in [0, 0.1) is 0 Å². The Bertz CT molecular complexity index is 1290. The van der Waals surface area contributed by atoms with Crippen LogP contribution >= 0.6 is 0 Å². The molecule has 0 saturated carbocycles. The predicted octanol–water partition coefficient (Wildman–Crippen LogP) is 3.02. The first-order valence-corrected chi connectivity index (χ1v) is 12.8. The van der Waals surface area contributed by atoms with Crippen molar-refractivity contribution < 1.29 is 22.7 Å². The quantitative estimate of drug-likeness (QED) is 0.465. The molecule has 0 fully saturated rings. The fourth-order valence-corrected chi connectivity index (χ4v) is 4.86. The van der Waals surface area contributed by atoms with Crippen molar-refractivity contribution in [2.75, 3.05) is 27.2 Å². The Labute approximate surface area is 206 Å². The van der Waals surface area contributed by atoms with Crippen LogP contribution in [0.4, 0.5) is 0 Å². The second kappa shape index (κ2) is 11.3. The van der Waals surface area contributed by atoms with Crippen LogP contribution < -0.4 is 10.1 Å². The van der Waals surface area contributed by atoms with Crippen molar-refractivity contribution in [2.45, 2.75) is 31.3 Å². The molecule has 186 valence electrons. The molecule has 2 amide bonds. The van der Waals surface area contributed by atoms with E-state index in [4.69, 9.17) is 4.74 Å². The van der Waals surface area contributed by atoms with E-state index in [1.54, 1.807) is 57.4 Å². The van der Waals surface area contributed by atoms with E-state index >= 15 is 0 Å². The lowest BCUT2D eigenvalue weighted by Crippen LogP contribution is -2.50. The first kappa shape index (κ1) is 26.2. The van der Waals surface area contributed by atoms with Crippen molar-refractivity contribution in [3.63, 3.8) is 0 Å². The minimum atomic E-state index is -3.93.